The fraction of sp³-hybridized carbons (Fsp3) is 0.714. The van der Waals surface area contributed by atoms with Crippen molar-refractivity contribution in [2.24, 2.45) is 0 Å². The molecule has 0 aliphatic carbocycles. The highest BCUT2D eigenvalue weighted by atomic mass is 32.2. The molecule has 1 aliphatic heterocycles. The van der Waals surface area contributed by atoms with Crippen molar-refractivity contribution in [3.63, 3.8) is 0 Å². The van der Waals surface area contributed by atoms with E-state index in [0.29, 0.717) is 30.2 Å². The number of aryl methyl sites for hydroxylation is 2. The van der Waals surface area contributed by atoms with E-state index < -0.39 is 10.0 Å². The van der Waals surface area contributed by atoms with E-state index in [-0.39, 0.29) is 17.5 Å². The van der Waals surface area contributed by atoms with Gasteiger partial charge in [0.25, 0.3) is 0 Å². The monoisotopic (exact) mass is 316 g/mol. The van der Waals surface area contributed by atoms with Crippen LogP contribution in [0.1, 0.15) is 30.9 Å². The van der Waals surface area contributed by atoms with Crippen LogP contribution in [-0.2, 0) is 16.6 Å². The van der Waals surface area contributed by atoms with E-state index in [4.69, 9.17) is 4.42 Å². The maximum atomic E-state index is 12.9. The molecule has 1 fully saturated rings. The highest BCUT2D eigenvalue weighted by Crippen LogP contribution is 2.30. The number of aliphatic hydroxyl groups is 1. The molecule has 21 heavy (non-hydrogen) atoms. The summed E-state index contributed by atoms with van der Waals surface area (Å²) in [6.45, 7) is 9.66. The van der Waals surface area contributed by atoms with Gasteiger partial charge in [0.2, 0.25) is 10.0 Å². The second-order valence-corrected chi connectivity index (χ2v) is 7.40. The minimum Gasteiger partial charge on any atom is -0.465 e. The smallest absolute Gasteiger partial charge is 0.247 e. The van der Waals surface area contributed by atoms with E-state index in [1.165, 1.54) is 4.31 Å². The summed E-state index contributed by atoms with van der Waals surface area (Å²) in [7, 11) is -3.63. The molecule has 0 amide bonds. The summed E-state index contributed by atoms with van der Waals surface area (Å²) in [6.07, 6.45) is 0. The lowest BCUT2D eigenvalue weighted by Gasteiger charge is -2.38. The number of hydrogen-bond acceptors (Lipinski definition) is 5. The van der Waals surface area contributed by atoms with Crippen LogP contribution in [0.15, 0.2) is 9.31 Å². The second-order valence-electron chi connectivity index (χ2n) is 5.52. The van der Waals surface area contributed by atoms with E-state index in [2.05, 4.69) is 11.8 Å². The molecule has 1 aromatic heterocycles. The number of likely N-dealkylation sites (N-methyl/N-ethyl adjacent to an activating group) is 1. The first kappa shape index (κ1) is 16.5. The van der Waals surface area contributed by atoms with Crippen LogP contribution in [0.5, 0.6) is 0 Å². The molecule has 0 bridgehead atoms. The summed E-state index contributed by atoms with van der Waals surface area (Å²) in [6, 6.07) is 0.185. The summed E-state index contributed by atoms with van der Waals surface area (Å²) >= 11 is 0. The highest BCUT2D eigenvalue weighted by molar-refractivity contribution is 7.89. The number of furan rings is 1. The number of sulfonamides is 1. The zero-order valence-electron chi connectivity index (χ0n) is 13.1. The van der Waals surface area contributed by atoms with Gasteiger partial charge in [-0.25, -0.2) is 8.42 Å². The Balaban J connectivity index is 2.36. The normalized spacial score (nSPS) is 21.9. The SMILES string of the molecule is CCN1CCN(S(=O)(=O)c2c(C)oc(C)c2CO)CC1C. The largest absolute Gasteiger partial charge is 0.465 e. The zero-order valence-corrected chi connectivity index (χ0v) is 13.9. The standard InChI is InChI=1S/C14H24N2O4S/c1-5-15-6-7-16(8-10(15)2)21(18,19)14-12(4)20-11(3)13(14)9-17/h10,17H,5-9H2,1-4H3. The van der Waals surface area contributed by atoms with Gasteiger partial charge in [0.15, 0.2) is 0 Å². The van der Waals surface area contributed by atoms with E-state index in [1.54, 1.807) is 13.8 Å². The quantitative estimate of drug-likeness (QED) is 0.900. The molecule has 0 spiro atoms. The van der Waals surface area contributed by atoms with Crippen molar-refractivity contribution in [3.05, 3.63) is 17.1 Å². The minimum atomic E-state index is -3.63. The third-order valence-corrected chi connectivity index (χ3v) is 6.28. The van der Waals surface area contributed by atoms with Gasteiger partial charge in [-0.05, 0) is 27.3 Å². The van der Waals surface area contributed by atoms with E-state index in [1.807, 2.05) is 6.92 Å². The average Bonchev–Trinajstić information content (AvgIpc) is 2.73. The van der Waals surface area contributed by atoms with Crippen molar-refractivity contribution < 1.29 is 17.9 Å². The molecule has 0 radical (unpaired) electrons. The lowest BCUT2D eigenvalue weighted by atomic mass is 10.2. The van der Waals surface area contributed by atoms with Gasteiger partial charge in [0.1, 0.15) is 16.4 Å². The number of rotatable bonds is 4. The molecule has 0 saturated carbocycles. The molecule has 1 aliphatic rings. The Morgan fingerprint density at radius 3 is 2.48 bits per heavy atom. The minimum absolute atomic E-state index is 0.139. The van der Waals surface area contributed by atoms with Crippen LogP contribution in [0.4, 0.5) is 0 Å². The molecular formula is C14H24N2O4S. The highest BCUT2D eigenvalue weighted by Gasteiger charge is 2.36. The van der Waals surface area contributed by atoms with Gasteiger partial charge in [-0.1, -0.05) is 6.92 Å². The molecule has 1 N–H and O–H groups in total. The Bertz CT molecular complexity index is 609. The summed E-state index contributed by atoms with van der Waals surface area (Å²) in [5, 5.41) is 9.46. The van der Waals surface area contributed by atoms with Crippen LogP contribution in [0, 0.1) is 13.8 Å². The van der Waals surface area contributed by atoms with Crippen molar-refractivity contribution in [1.82, 2.24) is 9.21 Å². The number of piperazine rings is 1. The molecule has 1 saturated heterocycles. The lowest BCUT2D eigenvalue weighted by Crippen LogP contribution is -2.53. The van der Waals surface area contributed by atoms with Crippen LogP contribution < -0.4 is 0 Å². The fourth-order valence-corrected chi connectivity index (χ4v) is 4.93. The molecule has 1 unspecified atom stereocenters. The molecule has 6 nitrogen and oxygen atoms in total. The van der Waals surface area contributed by atoms with Crippen LogP contribution in [0.3, 0.4) is 0 Å². The number of nitrogens with zero attached hydrogens (tertiary/aromatic N) is 2. The molecule has 1 atom stereocenters. The van der Waals surface area contributed by atoms with Gasteiger partial charge in [-0.2, -0.15) is 4.31 Å². The van der Waals surface area contributed by atoms with E-state index >= 15 is 0 Å². The van der Waals surface area contributed by atoms with E-state index in [0.717, 1.165) is 13.1 Å². The second kappa shape index (κ2) is 6.08. The Morgan fingerprint density at radius 2 is 1.95 bits per heavy atom. The first-order valence-corrected chi connectivity index (χ1v) is 8.70. The zero-order chi connectivity index (χ0) is 15.8. The van der Waals surface area contributed by atoms with E-state index in [9.17, 15) is 13.5 Å². The summed E-state index contributed by atoms with van der Waals surface area (Å²) < 4.78 is 32.7. The Morgan fingerprint density at radius 1 is 1.29 bits per heavy atom. The molecule has 120 valence electrons. The molecular weight excluding hydrogens is 292 g/mol. The van der Waals surface area contributed by atoms with Crippen molar-refractivity contribution in [3.8, 4) is 0 Å². The maximum absolute atomic E-state index is 12.9. The fourth-order valence-electron chi connectivity index (χ4n) is 3.01. The van der Waals surface area contributed by atoms with Gasteiger partial charge in [0, 0.05) is 31.2 Å². The van der Waals surface area contributed by atoms with Gasteiger partial charge in [-0.3, -0.25) is 4.90 Å². The van der Waals surface area contributed by atoms with Crippen molar-refractivity contribution in [2.45, 2.75) is 45.2 Å². The van der Waals surface area contributed by atoms with Crippen LogP contribution in [0.25, 0.3) is 0 Å². The molecule has 0 aromatic carbocycles. The van der Waals surface area contributed by atoms with Crippen molar-refractivity contribution in [1.29, 1.82) is 0 Å². The Labute approximate surface area is 126 Å². The lowest BCUT2D eigenvalue weighted by molar-refractivity contribution is 0.135. The molecule has 2 rings (SSSR count). The van der Waals surface area contributed by atoms with Crippen LogP contribution in [-0.4, -0.2) is 55.0 Å². The average molecular weight is 316 g/mol. The maximum Gasteiger partial charge on any atom is 0.247 e. The topological polar surface area (TPSA) is 74.0 Å². The Kier molecular flexibility index (Phi) is 4.77. The van der Waals surface area contributed by atoms with Crippen LogP contribution >= 0.6 is 0 Å². The Hall–Kier alpha value is -0.890. The van der Waals surface area contributed by atoms with Gasteiger partial charge in [0.05, 0.1) is 6.61 Å². The predicted octanol–water partition coefficient (Wildman–Crippen LogP) is 1.10. The van der Waals surface area contributed by atoms with Crippen molar-refractivity contribution in [2.75, 3.05) is 26.2 Å². The number of hydrogen-bond donors (Lipinski definition) is 1. The summed E-state index contributed by atoms with van der Waals surface area (Å²) in [4.78, 5) is 2.39. The third-order valence-electron chi connectivity index (χ3n) is 4.21. The van der Waals surface area contributed by atoms with Crippen molar-refractivity contribution >= 4 is 10.0 Å². The molecule has 1 aromatic rings. The predicted molar refractivity (Wildman–Crippen MR) is 79.6 cm³/mol. The summed E-state index contributed by atoms with van der Waals surface area (Å²) in [5.41, 5.74) is 0.373. The van der Waals surface area contributed by atoms with Gasteiger partial charge >= 0.3 is 0 Å². The first-order chi connectivity index (χ1) is 9.82. The molecule has 7 heteroatoms. The first-order valence-electron chi connectivity index (χ1n) is 7.26. The van der Waals surface area contributed by atoms with Gasteiger partial charge in [-0.15, -0.1) is 0 Å². The number of aliphatic hydroxyl groups excluding tert-OH is 1. The third kappa shape index (κ3) is 2.88. The molecule has 2 heterocycles. The van der Waals surface area contributed by atoms with Gasteiger partial charge < -0.3 is 9.52 Å². The summed E-state index contributed by atoms with van der Waals surface area (Å²) in [5.74, 6) is 0.816. The van der Waals surface area contributed by atoms with Crippen LogP contribution in [0.2, 0.25) is 0 Å².